The van der Waals surface area contributed by atoms with Gasteiger partial charge in [-0.1, -0.05) is 6.92 Å². The molecule has 1 rings (SSSR count). The summed E-state index contributed by atoms with van der Waals surface area (Å²) in [5, 5.41) is 3.13. The Morgan fingerprint density at radius 2 is 2.06 bits per heavy atom. The molecule has 0 aromatic carbocycles. The second kappa shape index (κ2) is 5.86. The van der Waals surface area contributed by atoms with E-state index in [1.807, 2.05) is 20.8 Å². The van der Waals surface area contributed by atoms with Crippen LogP contribution in [0.15, 0.2) is 0 Å². The third-order valence-electron chi connectivity index (χ3n) is 2.41. The molecule has 0 bridgehead atoms. The van der Waals surface area contributed by atoms with Crippen LogP contribution in [0.3, 0.4) is 0 Å². The number of rotatable bonds is 4. The van der Waals surface area contributed by atoms with Gasteiger partial charge in [0.2, 0.25) is 0 Å². The number of hydrogen-bond acceptors (Lipinski definition) is 5. The predicted octanol–water partition coefficient (Wildman–Crippen LogP) is 1.82. The molecule has 100 valence electrons. The van der Waals surface area contributed by atoms with Gasteiger partial charge in [0.25, 0.3) is 5.91 Å². The normalized spacial score (nSPS) is 10.5. The lowest BCUT2D eigenvalue weighted by molar-refractivity contribution is 0.0605. The highest BCUT2D eigenvalue weighted by atomic mass is 32.1. The van der Waals surface area contributed by atoms with E-state index in [0.29, 0.717) is 27.4 Å². The van der Waals surface area contributed by atoms with Crippen LogP contribution in [0.2, 0.25) is 0 Å². The molecule has 0 aliphatic carbocycles. The van der Waals surface area contributed by atoms with E-state index < -0.39 is 5.97 Å². The van der Waals surface area contributed by atoms with E-state index in [9.17, 15) is 9.59 Å². The SMILES string of the molecule is CCc1c(C(=O)OC)sc(N)c1C(=O)NC(C)C. The first-order valence-corrected chi connectivity index (χ1v) is 6.54. The molecule has 0 saturated heterocycles. The Balaban J connectivity index is 3.23. The summed E-state index contributed by atoms with van der Waals surface area (Å²) in [5.74, 6) is -0.696. The molecule has 18 heavy (non-hydrogen) atoms. The average molecular weight is 270 g/mol. The molecule has 0 aliphatic rings. The zero-order valence-corrected chi connectivity index (χ0v) is 11.8. The lowest BCUT2D eigenvalue weighted by Gasteiger charge is -2.09. The molecule has 0 radical (unpaired) electrons. The minimum Gasteiger partial charge on any atom is -0.465 e. The van der Waals surface area contributed by atoms with E-state index in [0.717, 1.165) is 11.3 Å². The molecule has 1 aromatic rings. The van der Waals surface area contributed by atoms with Crippen LogP contribution < -0.4 is 11.1 Å². The first kappa shape index (κ1) is 14.5. The van der Waals surface area contributed by atoms with Crippen LogP contribution in [-0.4, -0.2) is 25.0 Å². The van der Waals surface area contributed by atoms with Crippen molar-refractivity contribution < 1.29 is 14.3 Å². The lowest BCUT2D eigenvalue weighted by Crippen LogP contribution is -2.31. The molecule has 0 saturated carbocycles. The Hall–Kier alpha value is -1.56. The van der Waals surface area contributed by atoms with Gasteiger partial charge >= 0.3 is 5.97 Å². The van der Waals surface area contributed by atoms with Crippen molar-refractivity contribution in [1.29, 1.82) is 0 Å². The molecule has 6 heteroatoms. The highest BCUT2D eigenvalue weighted by molar-refractivity contribution is 7.18. The van der Waals surface area contributed by atoms with Crippen LogP contribution in [0, 0.1) is 0 Å². The van der Waals surface area contributed by atoms with Crippen LogP contribution in [0.1, 0.15) is 46.4 Å². The van der Waals surface area contributed by atoms with Gasteiger partial charge in [-0.05, 0) is 25.8 Å². The molecule has 0 fully saturated rings. The minimum atomic E-state index is -0.452. The zero-order valence-electron chi connectivity index (χ0n) is 11.0. The second-order valence-electron chi connectivity index (χ2n) is 4.12. The molecule has 0 aliphatic heterocycles. The Morgan fingerprint density at radius 3 is 2.50 bits per heavy atom. The van der Waals surface area contributed by atoms with Crippen molar-refractivity contribution in [3.63, 3.8) is 0 Å². The number of carbonyl (C=O) groups excluding carboxylic acids is 2. The summed E-state index contributed by atoms with van der Waals surface area (Å²) < 4.78 is 4.69. The number of hydrogen-bond donors (Lipinski definition) is 2. The maximum Gasteiger partial charge on any atom is 0.348 e. The van der Waals surface area contributed by atoms with Gasteiger partial charge in [-0.3, -0.25) is 4.79 Å². The Morgan fingerprint density at radius 1 is 1.44 bits per heavy atom. The molecule has 0 spiro atoms. The fourth-order valence-electron chi connectivity index (χ4n) is 1.66. The van der Waals surface area contributed by atoms with Gasteiger partial charge in [-0.25, -0.2) is 4.79 Å². The van der Waals surface area contributed by atoms with Gasteiger partial charge in [0, 0.05) is 6.04 Å². The number of anilines is 1. The first-order valence-electron chi connectivity index (χ1n) is 5.72. The fraction of sp³-hybridized carbons (Fsp3) is 0.500. The van der Waals surface area contributed by atoms with E-state index in [1.165, 1.54) is 7.11 Å². The highest BCUT2D eigenvalue weighted by Crippen LogP contribution is 2.32. The van der Waals surface area contributed by atoms with Crippen LogP contribution in [0.4, 0.5) is 5.00 Å². The molecule has 1 aromatic heterocycles. The van der Waals surface area contributed by atoms with Crippen molar-refractivity contribution in [2.45, 2.75) is 33.2 Å². The van der Waals surface area contributed by atoms with E-state index in [4.69, 9.17) is 10.5 Å². The van der Waals surface area contributed by atoms with Crippen LogP contribution in [0.25, 0.3) is 0 Å². The summed E-state index contributed by atoms with van der Waals surface area (Å²) >= 11 is 1.10. The Labute approximate surface area is 110 Å². The van der Waals surface area contributed by atoms with E-state index in [-0.39, 0.29) is 11.9 Å². The number of ether oxygens (including phenoxy) is 1. The number of methoxy groups -OCH3 is 1. The number of nitrogen functional groups attached to an aromatic ring is 1. The summed E-state index contributed by atoms with van der Waals surface area (Å²) in [6, 6.07) is 0.0167. The smallest absolute Gasteiger partial charge is 0.348 e. The molecule has 0 atom stereocenters. The van der Waals surface area contributed by atoms with E-state index >= 15 is 0 Å². The lowest BCUT2D eigenvalue weighted by atomic mass is 10.1. The third-order valence-corrected chi connectivity index (χ3v) is 3.45. The van der Waals surface area contributed by atoms with Gasteiger partial charge in [-0.2, -0.15) is 0 Å². The van der Waals surface area contributed by atoms with Gasteiger partial charge < -0.3 is 15.8 Å². The topological polar surface area (TPSA) is 81.4 Å². The molecular weight excluding hydrogens is 252 g/mol. The molecule has 1 amide bonds. The summed E-state index contributed by atoms with van der Waals surface area (Å²) in [7, 11) is 1.31. The van der Waals surface area contributed by atoms with Gasteiger partial charge in [-0.15, -0.1) is 11.3 Å². The molecular formula is C12H18N2O3S. The minimum absolute atomic E-state index is 0.0167. The van der Waals surface area contributed by atoms with Crippen LogP contribution >= 0.6 is 11.3 Å². The maximum atomic E-state index is 12.0. The zero-order chi connectivity index (χ0) is 13.9. The number of carbonyl (C=O) groups is 2. The van der Waals surface area contributed by atoms with Crippen LogP contribution in [0.5, 0.6) is 0 Å². The number of esters is 1. The van der Waals surface area contributed by atoms with Gasteiger partial charge in [0.1, 0.15) is 4.88 Å². The maximum absolute atomic E-state index is 12.0. The van der Waals surface area contributed by atoms with Crippen molar-refractivity contribution in [3.8, 4) is 0 Å². The predicted molar refractivity (Wildman–Crippen MR) is 72.1 cm³/mol. The van der Waals surface area contributed by atoms with Crippen molar-refractivity contribution in [1.82, 2.24) is 5.32 Å². The summed E-state index contributed by atoms with van der Waals surface area (Å²) in [5.41, 5.74) is 6.89. The fourth-order valence-corrected chi connectivity index (χ4v) is 2.74. The quantitative estimate of drug-likeness (QED) is 0.818. The number of nitrogens with one attached hydrogen (secondary N) is 1. The Bertz CT molecular complexity index is 466. The largest absolute Gasteiger partial charge is 0.465 e. The summed E-state index contributed by atoms with van der Waals surface area (Å²) in [4.78, 5) is 24.1. The van der Waals surface area contributed by atoms with Gasteiger partial charge in [0.15, 0.2) is 0 Å². The second-order valence-corrected chi connectivity index (χ2v) is 5.17. The summed E-state index contributed by atoms with van der Waals surface area (Å²) in [6.45, 7) is 5.61. The van der Waals surface area contributed by atoms with Crippen molar-refractivity contribution in [2.75, 3.05) is 12.8 Å². The van der Waals surface area contributed by atoms with Crippen molar-refractivity contribution in [2.24, 2.45) is 0 Å². The molecule has 5 nitrogen and oxygen atoms in total. The molecule has 1 heterocycles. The van der Waals surface area contributed by atoms with E-state index in [1.54, 1.807) is 0 Å². The standard InChI is InChI=1S/C12H18N2O3S/c1-5-7-8(11(15)14-6(2)3)10(13)18-9(7)12(16)17-4/h6H,5,13H2,1-4H3,(H,14,15). The van der Waals surface area contributed by atoms with Gasteiger partial charge in [0.05, 0.1) is 17.7 Å². The number of thiophene rings is 1. The van der Waals surface area contributed by atoms with Crippen LogP contribution in [-0.2, 0) is 11.2 Å². The van der Waals surface area contributed by atoms with Crippen molar-refractivity contribution >= 4 is 28.2 Å². The number of amides is 1. The molecule has 0 unspecified atom stereocenters. The summed E-state index contributed by atoms with van der Waals surface area (Å²) in [6.07, 6.45) is 0.555. The van der Waals surface area contributed by atoms with E-state index in [2.05, 4.69) is 5.32 Å². The molecule has 3 N–H and O–H groups in total. The number of nitrogens with two attached hydrogens (primary N) is 1. The first-order chi connectivity index (χ1) is 8.42. The third kappa shape index (κ3) is 2.81. The highest BCUT2D eigenvalue weighted by Gasteiger charge is 2.25. The van der Waals surface area contributed by atoms with Crippen molar-refractivity contribution in [3.05, 3.63) is 16.0 Å². The monoisotopic (exact) mass is 270 g/mol. The Kier molecular flexibility index (Phi) is 4.72. The average Bonchev–Trinajstić information content (AvgIpc) is 2.64.